The quantitative estimate of drug-likeness (QED) is 0.435. The van der Waals surface area contributed by atoms with Crippen molar-refractivity contribution in [3.8, 4) is 0 Å². The third kappa shape index (κ3) is 3.73. The van der Waals surface area contributed by atoms with Gasteiger partial charge in [0.1, 0.15) is 11.7 Å². The summed E-state index contributed by atoms with van der Waals surface area (Å²) in [5.74, 6) is -0.586. The van der Waals surface area contributed by atoms with E-state index in [9.17, 15) is 0 Å². The Morgan fingerprint density at radius 1 is 1.27 bits per heavy atom. The Hall–Kier alpha value is -0.860. The number of rotatable bonds is 8. The van der Waals surface area contributed by atoms with Crippen LogP contribution in [0.3, 0.4) is 0 Å². The van der Waals surface area contributed by atoms with Crippen LogP contribution < -0.4 is 0 Å². The van der Waals surface area contributed by atoms with Crippen molar-refractivity contribution in [1.82, 2.24) is 0 Å². The van der Waals surface area contributed by atoms with E-state index in [1.807, 2.05) is 6.08 Å². The van der Waals surface area contributed by atoms with Crippen LogP contribution in [0.5, 0.6) is 0 Å². The predicted octanol–water partition coefficient (Wildman–Crippen LogP) is 6.97. The van der Waals surface area contributed by atoms with E-state index in [2.05, 4.69) is 66.9 Å². The molecule has 0 bridgehead atoms. The topological polar surface area (TPSA) is 18.5 Å². The van der Waals surface area contributed by atoms with Gasteiger partial charge >= 0.3 is 0 Å². The fourth-order valence-electron chi connectivity index (χ4n) is 4.93. The number of allylic oxidation sites excluding steroid dienone is 3. The van der Waals surface area contributed by atoms with Gasteiger partial charge in [0.25, 0.3) is 0 Å². The summed E-state index contributed by atoms with van der Waals surface area (Å²) in [4.78, 5) is 0. The molecule has 0 aromatic heterocycles. The molecule has 0 aromatic carbocycles. The molecule has 2 aliphatic rings. The monoisotopic (exact) mass is 360 g/mol. The molecule has 0 N–H and O–H groups in total. The summed E-state index contributed by atoms with van der Waals surface area (Å²) in [5, 5.41) is 0. The van der Waals surface area contributed by atoms with Gasteiger partial charge in [-0.3, -0.25) is 0 Å². The first-order chi connectivity index (χ1) is 12.1. The molecule has 2 heteroatoms. The number of ether oxygens (including phenoxy) is 2. The molecule has 0 spiro atoms. The molecule has 1 aliphatic heterocycles. The maximum absolute atomic E-state index is 6.81. The highest BCUT2D eigenvalue weighted by atomic mass is 16.8. The molecule has 1 saturated heterocycles. The van der Waals surface area contributed by atoms with Gasteiger partial charge in [-0.05, 0) is 51.5 Å². The summed E-state index contributed by atoms with van der Waals surface area (Å²) in [6.45, 7) is 21.5. The number of hydrogen-bond donors (Lipinski definition) is 0. The highest BCUT2D eigenvalue weighted by molar-refractivity contribution is 5.32. The molecule has 0 radical (unpaired) electrons. The van der Waals surface area contributed by atoms with E-state index in [0.29, 0.717) is 0 Å². The Morgan fingerprint density at radius 3 is 2.54 bits per heavy atom. The van der Waals surface area contributed by atoms with Crippen LogP contribution in [0, 0.1) is 10.8 Å². The second-order valence-electron chi connectivity index (χ2n) is 9.54. The Morgan fingerprint density at radius 2 is 1.96 bits per heavy atom. The lowest BCUT2D eigenvalue weighted by atomic mass is 9.61. The first-order valence-electron chi connectivity index (χ1n) is 10.4. The molecule has 3 atom stereocenters. The first-order valence-corrected chi connectivity index (χ1v) is 10.4. The molecule has 1 aliphatic carbocycles. The Labute approximate surface area is 161 Å². The van der Waals surface area contributed by atoms with E-state index < -0.39 is 5.79 Å². The molecule has 0 aromatic rings. The van der Waals surface area contributed by atoms with Gasteiger partial charge < -0.3 is 9.47 Å². The minimum Gasteiger partial charge on any atom is -0.340 e. The second kappa shape index (κ2) is 7.64. The molecule has 2 rings (SSSR count). The minimum atomic E-state index is -0.586. The van der Waals surface area contributed by atoms with E-state index >= 15 is 0 Å². The van der Waals surface area contributed by atoms with Crippen LogP contribution in [0.15, 0.2) is 37.0 Å². The molecular weight excluding hydrogens is 320 g/mol. The van der Waals surface area contributed by atoms with Crippen molar-refractivity contribution in [2.24, 2.45) is 10.8 Å². The third-order valence-electron chi connectivity index (χ3n) is 6.61. The zero-order valence-electron chi connectivity index (χ0n) is 18.0. The average Bonchev–Trinajstić information content (AvgIpc) is 2.85. The Kier molecular flexibility index (Phi) is 6.30. The van der Waals surface area contributed by atoms with Crippen molar-refractivity contribution < 1.29 is 9.47 Å². The maximum atomic E-state index is 6.81. The van der Waals surface area contributed by atoms with Crippen LogP contribution in [0.25, 0.3) is 0 Å². The van der Waals surface area contributed by atoms with Gasteiger partial charge in [0.05, 0.1) is 0 Å². The Bertz CT molecular complexity index is 557. The van der Waals surface area contributed by atoms with Crippen molar-refractivity contribution in [1.29, 1.82) is 0 Å². The van der Waals surface area contributed by atoms with Crippen molar-refractivity contribution in [2.75, 3.05) is 0 Å². The minimum absolute atomic E-state index is 0.0194. The van der Waals surface area contributed by atoms with E-state index in [1.165, 1.54) is 12.0 Å². The predicted molar refractivity (Wildman–Crippen MR) is 111 cm³/mol. The van der Waals surface area contributed by atoms with Crippen LogP contribution in [0.1, 0.15) is 86.5 Å². The largest absolute Gasteiger partial charge is 0.340 e. The lowest BCUT2D eigenvalue weighted by Gasteiger charge is -2.49. The summed E-state index contributed by atoms with van der Waals surface area (Å²) in [7, 11) is 0. The van der Waals surface area contributed by atoms with Crippen molar-refractivity contribution >= 4 is 0 Å². The number of hydrogen-bond acceptors (Lipinski definition) is 2. The molecule has 1 heterocycles. The fraction of sp³-hybridized carbons (Fsp3) is 0.750. The standard InChI is InChI=1S/C24H40O2/c1-9-12-18-24(21(4,5)16-10-2)20(25-22(6,7)26-24)19-15-13-14-17-23(19,8)11-3/h10-11,15,20H,2-3,9,12-14,16-18H2,1,4-8H3/t20-,23-,24+/m1/s1. The van der Waals surface area contributed by atoms with E-state index in [4.69, 9.17) is 9.47 Å². The van der Waals surface area contributed by atoms with Gasteiger partial charge in [-0.2, -0.15) is 0 Å². The fourth-order valence-corrected chi connectivity index (χ4v) is 4.93. The van der Waals surface area contributed by atoms with Gasteiger partial charge in [-0.25, -0.2) is 0 Å². The summed E-state index contributed by atoms with van der Waals surface area (Å²) in [6.07, 6.45) is 14.2. The van der Waals surface area contributed by atoms with Crippen LogP contribution in [-0.2, 0) is 9.47 Å². The summed E-state index contributed by atoms with van der Waals surface area (Å²) < 4.78 is 13.5. The van der Waals surface area contributed by atoms with E-state index in [0.717, 1.165) is 38.5 Å². The summed E-state index contributed by atoms with van der Waals surface area (Å²) >= 11 is 0. The third-order valence-corrected chi connectivity index (χ3v) is 6.61. The summed E-state index contributed by atoms with van der Waals surface area (Å²) in [6, 6.07) is 0. The van der Waals surface area contributed by atoms with Crippen LogP contribution in [-0.4, -0.2) is 17.5 Å². The maximum Gasteiger partial charge on any atom is 0.164 e. The lowest BCUT2D eigenvalue weighted by molar-refractivity contribution is -0.188. The zero-order valence-corrected chi connectivity index (χ0v) is 18.0. The van der Waals surface area contributed by atoms with Crippen molar-refractivity contribution in [2.45, 2.75) is 104 Å². The molecule has 0 amide bonds. The summed E-state index contributed by atoms with van der Waals surface area (Å²) in [5.41, 5.74) is 0.934. The van der Waals surface area contributed by atoms with E-state index in [1.54, 1.807) is 0 Å². The molecule has 0 unspecified atom stereocenters. The highest BCUT2D eigenvalue weighted by Gasteiger charge is 2.62. The SMILES string of the molecule is C=CCC(C)(C)[C@@]1(CCCC)OC(C)(C)O[C@@H]1C1=CCCC[C@@]1(C)C=C. The average molecular weight is 361 g/mol. The molecule has 1 fully saturated rings. The zero-order chi connectivity index (χ0) is 19.6. The molecular formula is C24H40O2. The molecule has 2 nitrogen and oxygen atoms in total. The number of unbranched alkanes of at least 4 members (excludes halogenated alkanes) is 1. The normalized spacial score (nSPS) is 34.4. The van der Waals surface area contributed by atoms with Crippen LogP contribution >= 0.6 is 0 Å². The molecule has 0 saturated carbocycles. The lowest BCUT2D eigenvalue weighted by Crippen LogP contribution is -2.54. The van der Waals surface area contributed by atoms with Gasteiger partial charge in [0, 0.05) is 10.8 Å². The van der Waals surface area contributed by atoms with Gasteiger partial charge in [-0.15, -0.1) is 13.2 Å². The second-order valence-corrected chi connectivity index (χ2v) is 9.54. The highest BCUT2D eigenvalue weighted by Crippen LogP contribution is 2.57. The van der Waals surface area contributed by atoms with Crippen molar-refractivity contribution in [3.63, 3.8) is 0 Å². The van der Waals surface area contributed by atoms with Gasteiger partial charge in [0.2, 0.25) is 0 Å². The van der Waals surface area contributed by atoms with Gasteiger partial charge in [0.15, 0.2) is 5.79 Å². The van der Waals surface area contributed by atoms with Crippen molar-refractivity contribution in [3.05, 3.63) is 37.0 Å². The molecule has 26 heavy (non-hydrogen) atoms. The first kappa shape index (κ1) is 21.4. The van der Waals surface area contributed by atoms with Crippen LogP contribution in [0.2, 0.25) is 0 Å². The van der Waals surface area contributed by atoms with Gasteiger partial charge in [-0.1, -0.05) is 58.8 Å². The Balaban J connectivity index is 2.60. The molecule has 148 valence electrons. The van der Waals surface area contributed by atoms with Crippen LogP contribution in [0.4, 0.5) is 0 Å². The van der Waals surface area contributed by atoms with E-state index in [-0.39, 0.29) is 22.5 Å². The smallest absolute Gasteiger partial charge is 0.164 e.